The molecule has 128 valence electrons. The highest BCUT2D eigenvalue weighted by molar-refractivity contribution is 6.05. The Labute approximate surface area is 142 Å². The van der Waals surface area contributed by atoms with Gasteiger partial charge >= 0.3 is 0 Å². The molecule has 0 unspecified atom stereocenters. The summed E-state index contributed by atoms with van der Waals surface area (Å²) in [4.78, 5) is 28.5. The predicted molar refractivity (Wildman–Crippen MR) is 94.7 cm³/mol. The van der Waals surface area contributed by atoms with E-state index < -0.39 is 0 Å². The molecule has 0 bridgehead atoms. The van der Waals surface area contributed by atoms with Crippen LogP contribution in [0.3, 0.4) is 0 Å². The molecule has 6 nitrogen and oxygen atoms in total. The number of furan rings is 1. The van der Waals surface area contributed by atoms with Gasteiger partial charge in [-0.1, -0.05) is 0 Å². The van der Waals surface area contributed by atoms with Gasteiger partial charge in [0.25, 0.3) is 11.8 Å². The van der Waals surface area contributed by atoms with E-state index in [0.717, 1.165) is 5.69 Å². The molecule has 0 saturated heterocycles. The van der Waals surface area contributed by atoms with Gasteiger partial charge in [-0.15, -0.1) is 0 Å². The molecule has 0 aliphatic carbocycles. The summed E-state index contributed by atoms with van der Waals surface area (Å²) >= 11 is 0. The van der Waals surface area contributed by atoms with Gasteiger partial charge in [0.2, 0.25) is 0 Å². The van der Waals surface area contributed by atoms with Crippen molar-refractivity contribution in [3.63, 3.8) is 0 Å². The number of nitrogens with one attached hydrogen (secondary N) is 1. The van der Waals surface area contributed by atoms with E-state index in [2.05, 4.69) is 5.32 Å². The number of nitrogens with zero attached hydrogens (tertiary/aromatic N) is 2. The highest BCUT2D eigenvalue weighted by Gasteiger charge is 2.19. The number of rotatable bonds is 6. The summed E-state index contributed by atoms with van der Waals surface area (Å²) in [6, 6.07) is 8.55. The molecule has 24 heavy (non-hydrogen) atoms. The SMILES string of the molecule is CCN(CC)C(=O)c1cc(NC(=O)c2ccco2)ccc1N(C)C. The molecule has 1 aromatic heterocycles. The molecule has 1 N–H and O–H groups in total. The topological polar surface area (TPSA) is 65.8 Å². The van der Waals surface area contributed by atoms with Crippen molar-refractivity contribution < 1.29 is 14.0 Å². The third-order valence-corrected chi connectivity index (χ3v) is 3.76. The number of anilines is 2. The second-order valence-corrected chi connectivity index (χ2v) is 5.54. The zero-order valence-electron chi connectivity index (χ0n) is 14.5. The van der Waals surface area contributed by atoms with Crippen molar-refractivity contribution in [1.82, 2.24) is 4.90 Å². The van der Waals surface area contributed by atoms with E-state index in [0.29, 0.717) is 24.3 Å². The Kier molecular flexibility index (Phi) is 5.63. The number of hydrogen-bond donors (Lipinski definition) is 1. The van der Waals surface area contributed by atoms with E-state index >= 15 is 0 Å². The lowest BCUT2D eigenvalue weighted by Crippen LogP contribution is -2.31. The van der Waals surface area contributed by atoms with Crippen LogP contribution in [-0.2, 0) is 0 Å². The molecule has 0 fully saturated rings. The maximum Gasteiger partial charge on any atom is 0.291 e. The van der Waals surface area contributed by atoms with Crippen LogP contribution in [0.25, 0.3) is 0 Å². The average molecular weight is 329 g/mol. The van der Waals surface area contributed by atoms with Crippen molar-refractivity contribution in [3.05, 3.63) is 47.9 Å². The first-order valence-corrected chi connectivity index (χ1v) is 7.93. The molecule has 1 aromatic carbocycles. The largest absolute Gasteiger partial charge is 0.459 e. The second kappa shape index (κ2) is 7.68. The Morgan fingerprint density at radius 2 is 1.83 bits per heavy atom. The lowest BCUT2D eigenvalue weighted by Gasteiger charge is -2.23. The van der Waals surface area contributed by atoms with Crippen LogP contribution in [0, 0.1) is 0 Å². The average Bonchev–Trinajstić information content (AvgIpc) is 3.10. The van der Waals surface area contributed by atoms with E-state index in [1.54, 1.807) is 29.2 Å². The molecule has 0 saturated carbocycles. The van der Waals surface area contributed by atoms with Crippen molar-refractivity contribution in [1.29, 1.82) is 0 Å². The minimum Gasteiger partial charge on any atom is -0.459 e. The van der Waals surface area contributed by atoms with Crippen LogP contribution >= 0.6 is 0 Å². The zero-order valence-corrected chi connectivity index (χ0v) is 14.5. The first-order valence-electron chi connectivity index (χ1n) is 7.93. The van der Waals surface area contributed by atoms with Crippen LogP contribution in [0.15, 0.2) is 41.0 Å². The molecule has 2 rings (SSSR count). The molecule has 2 amide bonds. The van der Waals surface area contributed by atoms with Gasteiger partial charge in [0.05, 0.1) is 11.8 Å². The number of carbonyl (C=O) groups excluding carboxylic acids is 2. The fourth-order valence-corrected chi connectivity index (χ4v) is 2.46. The van der Waals surface area contributed by atoms with Crippen molar-refractivity contribution in [2.45, 2.75) is 13.8 Å². The second-order valence-electron chi connectivity index (χ2n) is 5.54. The summed E-state index contributed by atoms with van der Waals surface area (Å²) < 4.78 is 5.08. The lowest BCUT2D eigenvalue weighted by molar-refractivity contribution is 0.0773. The summed E-state index contributed by atoms with van der Waals surface area (Å²) in [6.45, 7) is 5.15. The number of amides is 2. The van der Waals surface area contributed by atoms with Crippen molar-refractivity contribution in [2.75, 3.05) is 37.4 Å². The monoisotopic (exact) mass is 329 g/mol. The Balaban J connectivity index is 2.33. The smallest absolute Gasteiger partial charge is 0.291 e. The Morgan fingerprint density at radius 3 is 2.38 bits per heavy atom. The van der Waals surface area contributed by atoms with E-state index in [1.807, 2.05) is 38.9 Å². The Hall–Kier alpha value is -2.76. The first-order chi connectivity index (χ1) is 11.5. The standard InChI is InChI=1S/C18H23N3O3/c1-5-21(6-2)18(23)14-12-13(9-10-15(14)20(3)4)19-17(22)16-8-7-11-24-16/h7-12H,5-6H2,1-4H3,(H,19,22). The van der Waals surface area contributed by atoms with Gasteiger partial charge in [-0.05, 0) is 44.2 Å². The van der Waals surface area contributed by atoms with Crippen LogP contribution in [0.4, 0.5) is 11.4 Å². The zero-order chi connectivity index (χ0) is 17.7. The summed E-state index contributed by atoms with van der Waals surface area (Å²) in [5.74, 6) is -0.181. The highest BCUT2D eigenvalue weighted by atomic mass is 16.3. The normalized spacial score (nSPS) is 10.3. The molecule has 1 heterocycles. The van der Waals surface area contributed by atoms with E-state index in [1.165, 1.54) is 6.26 Å². The fraction of sp³-hybridized carbons (Fsp3) is 0.333. The molecule has 0 spiro atoms. The van der Waals surface area contributed by atoms with Crippen LogP contribution in [-0.4, -0.2) is 43.9 Å². The first kappa shape index (κ1) is 17.6. The molecule has 0 aliphatic heterocycles. The van der Waals surface area contributed by atoms with Gasteiger partial charge in [-0.3, -0.25) is 9.59 Å². The summed E-state index contributed by atoms with van der Waals surface area (Å²) in [6.07, 6.45) is 1.44. The Morgan fingerprint density at radius 1 is 1.12 bits per heavy atom. The van der Waals surface area contributed by atoms with Crippen molar-refractivity contribution in [2.24, 2.45) is 0 Å². The quantitative estimate of drug-likeness (QED) is 0.884. The third-order valence-electron chi connectivity index (χ3n) is 3.76. The van der Waals surface area contributed by atoms with Crippen LogP contribution in [0.1, 0.15) is 34.8 Å². The van der Waals surface area contributed by atoms with Crippen LogP contribution in [0.5, 0.6) is 0 Å². The van der Waals surface area contributed by atoms with Gasteiger partial charge in [0, 0.05) is 38.6 Å². The number of benzene rings is 1. The number of carbonyl (C=O) groups is 2. The molecule has 2 aromatic rings. The third kappa shape index (κ3) is 3.76. The Bertz CT molecular complexity index is 704. The van der Waals surface area contributed by atoms with Crippen LogP contribution < -0.4 is 10.2 Å². The number of hydrogen-bond acceptors (Lipinski definition) is 4. The van der Waals surface area contributed by atoms with Crippen molar-refractivity contribution >= 4 is 23.2 Å². The summed E-state index contributed by atoms with van der Waals surface area (Å²) in [7, 11) is 3.77. The fourth-order valence-electron chi connectivity index (χ4n) is 2.46. The maximum atomic E-state index is 12.8. The predicted octanol–water partition coefficient (Wildman–Crippen LogP) is 3.08. The van der Waals surface area contributed by atoms with E-state index in [9.17, 15) is 9.59 Å². The molecule has 0 atom stereocenters. The molecular weight excluding hydrogens is 306 g/mol. The summed E-state index contributed by atoms with van der Waals surface area (Å²) in [5, 5.41) is 2.76. The lowest BCUT2D eigenvalue weighted by atomic mass is 10.1. The highest BCUT2D eigenvalue weighted by Crippen LogP contribution is 2.25. The molecule has 0 radical (unpaired) electrons. The summed E-state index contributed by atoms with van der Waals surface area (Å²) in [5.41, 5.74) is 1.92. The van der Waals surface area contributed by atoms with Gasteiger partial charge in [0.15, 0.2) is 5.76 Å². The van der Waals surface area contributed by atoms with Gasteiger partial charge in [0.1, 0.15) is 0 Å². The molecule has 6 heteroatoms. The van der Waals surface area contributed by atoms with Gasteiger partial charge in [-0.25, -0.2) is 0 Å². The van der Waals surface area contributed by atoms with Gasteiger partial charge in [-0.2, -0.15) is 0 Å². The van der Waals surface area contributed by atoms with Gasteiger partial charge < -0.3 is 19.5 Å². The van der Waals surface area contributed by atoms with Crippen LogP contribution in [0.2, 0.25) is 0 Å². The van der Waals surface area contributed by atoms with E-state index in [-0.39, 0.29) is 17.6 Å². The molecule has 0 aliphatic rings. The molecular formula is C18H23N3O3. The minimum atomic E-state index is -0.348. The van der Waals surface area contributed by atoms with E-state index in [4.69, 9.17) is 4.42 Å². The minimum absolute atomic E-state index is 0.0576. The maximum absolute atomic E-state index is 12.8. The van der Waals surface area contributed by atoms with Crippen molar-refractivity contribution in [3.8, 4) is 0 Å².